The smallest absolute Gasteiger partial charge is 0.337 e. The van der Waals surface area contributed by atoms with Crippen molar-refractivity contribution >= 4 is 21.7 Å². The van der Waals surface area contributed by atoms with E-state index < -0.39 is 16.0 Å². The number of imidazole rings is 1. The molecule has 7 nitrogen and oxygen atoms in total. The molecule has 1 heterocycles. The van der Waals surface area contributed by atoms with Crippen LogP contribution in [0.2, 0.25) is 0 Å². The Morgan fingerprint density at radius 2 is 2.00 bits per heavy atom. The van der Waals surface area contributed by atoms with Crippen LogP contribution in [0.4, 0.5) is 5.69 Å². The summed E-state index contributed by atoms with van der Waals surface area (Å²) < 4.78 is 32.9. The van der Waals surface area contributed by atoms with Crippen LogP contribution in [0.25, 0.3) is 0 Å². The second-order valence-corrected chi connectivity index (χ2v) is 5.85. The van der Waals surface area contributed by atoms with Gasteiger partial charge in [-0.15, -0.1) is 0 Å². The SMILES string of the molecule is CCn1cnc(S(=O)(=O)Nc2ccc(C(=O)OC)cc2)c1. The molecule has 21 heavy (non-hydrogen) atoms. The molecule has 0 aliphatic carbocycles. The number of carbonyl (C=O) groups excluding carboxylic acids is 1. The molecule has 0 unspecified atom stereocenters. The summed E-state index contributed by atoms with van der Waals surface area (Å²) in [6.45, 7) is 2.52. The predicted octanol–water partition coefficient (Wildman–Crippen LogP) is 1.49. The highest BCUT2D eigenvalue weighted by molar-refractivity contribution is 7.92. The molecular weight excluding hydrogens is 294 g/mol. The highest BCUT2D eigenvalue weighted by atomic mass is 32.2. The molecule has 8 heteroatoms. The third-order valence-corrected chi connectivity index (χ3v) is 4.07. The number of aromatic nitrogens is 2. The lowest BCUT2D eigenvalue weighted by Gasteiger charge is -2.06. The molecule has 2 aromatic rings. The molecule has 0 aliphatic rings. The fourth-order valence-corrected chi connectivity index (χ4v) is 2.66. The number of nitrogens with one attached hydrogen (secondary N) is 1. The van der Waals surface area contributed by atoms with Gasteiger partial charge in [-0.2, -0.15) is 8.42 Å². The standard InChI is InChI=1S/C13H15N3O4S/c1-3-16-8-12(14-9-16)21(18,19)15-11-6-4-10(5-7-11)13(17)20-2/h4-9,15H,3H2,1-2H3. The molecule has 0 saturated carbocycles. The van der Waals surface area contributed by atoms with Gasteiger partial charge in [0.25, 0.3) is 10.0 Å². The monoisotopic (exact) mass is 309 g/mol. The lowest BCUT2D eigenvalue weighted by molar-refractivity contribution is 0.0601. The lowest BCUT2D eigenvalue weighted by atomic mass is 10.2. The highest BCUT2D eigenvalue weighted by Gasteiger charge is 2.17. The third kappa shape index (κ3) is 3.40. The van der Waals surface area contributed by atoms with E-state index in [0.29, 0.717) is 17.8 Å². The van der Waals surface area contributed by atoms with E-state index >= 15 is 0 Å². The molecule has 0 aliphatic heterocycles. The average Bonchev–Trinajstić information content (AvgIpc) is 2.96. The summed E-state index contributed by atoms with van der Waals surface area (Å²) in [6, 6.07) is 5.93. The van der Waals surface area contributed by atoms with Crippen LogP contribution in [-0.2, 0) is 21.3 Å². The molecule has 0 spiro atoms. The van der Waals surface area contributed by atoms with Gasteiger partial charge in [-0.3, -0.25) is 4.72 Å². The number of rotatable bonds is 5. The van der Waals surface area contributed by atoms with Gasteiger partial charge in [0.2, 0.25) is 0 Å². The number of benzene rings is 1. The fourth-order valence-electron chi connectivity index (χ4n) is 1.65. The van der Waals surface area contributed by atoms with Crippen LogP contribution in [0.3, 0.4) is 0 Å². The van der Waals surface area contributed by atoms with Gasteiger partial charge in [-0.05, 0) is 31.2 Å². The van der Waals surface area contributed by atoms with Crippen LogP contribution >= 0.6 is 0 Å². The summed E-state index contributed by atoms with van der Waals surface area (Å²) in [5.74, 6) is -0.480. The summed E-state index contributed by atoms with van der Waals surface area (Å²) in [4.78, 5) is 15.1. The van der Waals surface area contributed by atoms with Gasteiger partial charge in [0.05, 0.1) is 19.0 Å². The number of methoxy groups -OCH3 is 1. The Balaban J connectivity index is 2.18. The first-order valence-corrected chi connectivity index (χ1v) is 7.67. The van der Waals surface area contributed by atoms with Crippen LogP contribution in [0, 0.1) is 0 Å². The van der Waals surface area contributed by atoms with E-state index in [4.69, 9.17) is 0 Å². The Morgan fingerprint density at radius 3 is 2.52 bits per heavy atom. The van der Waals surface area contributed by atoms with E-state index in [1.54, 1.807) is 4.57 Å². The van der Waals surface area contributed by atoms with Gasteiger partial charge in [-0.1, -0.05) is 0 Å². The van der Waals surface area contributed by atoms with Gasteiger partial charge in [0, 0.05) is 18.4 Å². The van der Waals surface area contributed by atoms with E-state index in [2.05, 4.69) is 14.4 Å². The van der Waals surface area contributed by atoms with Crippen molar-refractivity contribution in [1.29, 1.82) is 0 Å². The first kappa shape index (κ1) is 15.0. The molecule has 0 fully saturated rings. The number of ether oxygens (including phenoxy) is 1. The summed E-state index contributed by atoms with van der Waals surface area (Å²) in [7, 11) is -2.46. The van der Waals surface area contributed by atoms with Crippen molar-refractivity contribution in [1.82, 2.24) is 9.55 Å². The van der Waals surface area contributed by atoms with E-state index in [9.17, 15) is 13.2 Å². The van der Waals surface area contributed by atoms with Crippen molar-refractivity contribution in [3.05, 3.63) is 42.4 Å². The zero-order valence-electron chi connectivity index (χ0n) is 11.6. The lowest BCUT2D eigenvalue weighted by Crippen LogP contribution is -2.13. The first-order valence-electron chi connectivity index (χ1n) is 6.19. The minimum absolute atomic E-state index is 0.0543. The van der Waals surface area contributed by atoms with Crippen molar-refractivity contribution in [2.75, 3.05) is 11.8 Å². The van der Waals surface area contributed by atoms with Crippen molar-refractivity contribution < 1.29 is 17.9 Å². The number of aryl methyl sites for hydroxylation is 1. The van der Waals surface area contributed by atoms with E-state index in [-0.39, 0.29) is 5.03 Å². The Bertz CT molecular complexity index is 735. The van der Waals surface area contributed by atoms with Crippen LogP contribution in [0.5, 0.6) is 0 Å². The minimum Gasteiger partial charge on any atom is -0.465 e. The van der Waals surface area contributed by atoms with Crippen molar-refractivity contribution in [2.45, 2.75) is 18.5 Å². The molecule has 0 radical (unpaired) electrons. The van der Waals surface area contributed by atoms with Crippen LogP contribution in [0.1, 0.15) is 17.3 Å². The van der Waals surface area contributed by atoms with Crippen LogP contribution in [0.15, 0.2) is 41.8 Å². The maximum atomic E-state index is 12.1. The Hall–Kier alpha value is -2.35. The second kappa shape index (κ2) is 5.96. The molecule has 1 aromatic heterocycles. The van der Waals surface area contributed by atoms with Gasteiger partial charge < -0.3 is 9.30 Å². The first-order chi connectivity index (χ1) is 9.96. The zero-order valence-corrected chi connectivity index (χ0v) is 12.4. The largest absolute Gasteiger partial charge is 0.465 e. The maximum Gasteiger partial charge on any atom is 0.337 e. The Labute approximate surface area is 122 Å². The molecule has 112 valence electrons. The van der Waals surface area contributed by atoms with Crippen molar-refractivity contribution in [3.8, 4) is 0 Å². The molecule has 0 atom stereocenters. The Morgan fingerprint density at radius 1 is 1.33 bits per heavy atom. The third-order valence-electron chi connectivity index (χ3n) is 2.81. The number of sulfonamides is 1. The Kier molecular flexibility index (Phi) is 4.27. The fraction of sp³-hybridized carbons (Fsp3) is 0.231. The normalized spacial score (nSPS) is 11.1. The summed E-state index contributed by atoms with van der Waals surface area (Å²) in [6.07, 6.45) is 2.90. The second-order valence-electron chi connectivity index (χ2n) is 4.22. The number of hydrogen-bond acceptors (Lipinski definition) is 5. The molecular formula is C13H15N3O4S. The van der Waals surface area contributed by atoms with E-state index in [1.807, 2.05) is 6.92 Å². The number of esters is 1. The number of anilines is 1. The predicted molar refractivity (Wildman–Crippen MR) is 76.5 cm³/mol. The molecule has 1 N–H and O–H groups in total. The minimum atomic E-state index is -3.74. The molecule has 0 bridgehead atoms. The molecule has 0 amide bonds. The maximum absolute atomic E-state index is 12.1. The molecule has 1 aromatic carbocycles. The number of nitrogens with zero attached hydrogens (tertiary/aromatic N) is 2. The summed E-state index contributed by atoms with van der Waals surface area (Å²) in [5.41, 5.74) is 0.685. The van der Waals surface area contributed by atoms with Gasteiger partial charge in [0.15, 0.2) is 5.03 Å². The van der Waals surface area contributed by atoms with Crippen LogP contribution < -0.4 is 4.72 Å². The molecule has 2 rings (SSSR count). The van der Waals surface area contributed by atoms with E-state index in [1.165, 1.54) is 43.9 Å². The quantitative estimate of drug-likeness (QED) is 0.845. The number of carbonyl (C=O) groups is 1. The van der Waals surface area contributed by atoms with E-state index in [0.717, 1.165) is 0 Å². The highest BCUT2D eigenvalue weighted by Crippen LogP contribution is 2.15. The van der Waals surface area contributed by atoms with Crippen molar-refractivity contribution in [2.24, 2.45) is 0 Å². The average molecular weight is 309 g/mol. The zero-order chi connectivity index (χ0) is 15.5. The van der Waals surface area contributed by atoms with Crippen LogP contribution in [-0.4, -0.2) is 31.0 Å². The molecule has 0 saturated heterocycles. The van der Waals surface area contributed by atoms with Gasteiger partial charge >= 0.3 is 5.97 Å². The number of hydrogen-bond donors (Lipinski definition) is 1. The summed E-state index contributed by atoms with van der Waals surface area (Å²) in [5, 5.41) is -0.0543. The topological polar surface area (TPSA) is 90.3 Å². The van der Waals surface area contributed by atoms with Gasteiger partial charge in [-0.25, -0.2) is 9.78 Å². The van der Waals surface area contributed by atoms with Crippen molar-refractivity contribution in [3.63, 3.8) is 0 Å². The summed E-state index contributed by atoms with van der Waals surface area (Å²) >= 11 is 0. The van der Waals surface area contributed by atoms with Gasteiger partial charge in [0.1, 0.15) is 0 Å².